The highest BCUT2D eigenvalue weighted by Gasteiger charge is 2.44. The number of carbonyl (C=O) groups is 1. The van der Waals surface area contributed by atoms with Gasteiger partial charge in [0.05, 0.1) is 0 Å². The fraction of sp³-hybridized carbons (Fsp3) is 0.870. The molecule has 1 unspecified atom stereocenters. The van der Waals surface area contributed by atoms with Crippen molar-refractivity contribution in [2.45, 2.75) is 106 Å². The first-order valence-corrected chi connectivity index (χ1v) is 10.0. The highest BCUT2D eigenvalue weighted by Crippen LogP contribution is 2.47. The van der Waals surface area contributed by atoms with E-state index in [0.29, 0.717) is 6.04 Å². The lowest BCUT2D eigenvalue weighted by Crippen LogP contribution is -2.49. The van der Waals surface area contributed by atoms with Gasteiger partial charge in [-0.1, -0.05) is 53.7 Å². The van der Waals surface area contributed by atoms with Crippen LogP contribution >= 0.6 is 0 Å². The lowest BCUT2D eigenvalue weighted by atomic mass is 9.60. The van der Waals surface area contributed by atoms with Gasteiger partial charge in [-0.15, -0.1) is 0 Å². The van der Waals surface area contributed by atoms with Gasteiger partial charge in [0.15, 0.2) is 0 Å². The van der Waals surface area contributed by atoms with Gasteiger partial charge in [0.25, 0.3) is 0 Å². The van der Waals surface area contributed by atoms with E-state index in [-0.39, 0.29) is 33.6 Å². The van der Waals surface area contributed by atoms with Crippen molar-refractivity contribution in [1.82, 2.24) is 10.6 Å². The predicted octanol–water partition coefficient (Wildman–Crippen LogP) is 5.36. The molecule has 0 bridgehead atoms. The number of hydrogen-bond acceptors (Lipinski definition) is 3. The molecule has 26 heavy (non-hydrogen) atoms. The largest absolute Gasteiger partial charge is 0.315 e. The number of rotatable bonds is 11. The molecular formula is C23H46N2O. The molecule has 0 aromatic heterocycles. The van der Waals surface area contributed by atoms with Gasteiger partial charge in [-0.05, 0) is 65.3 Å². The van der Waals surface area contributed by atoms with E-state index in [1.807, 2.05) is 7.05 Å². The van der Waals surface area contributed by atoms with Crippen LogP contribution in [0.2, 0.25) is 0 Å². The maximum atomic E-state index is 12.7. The van der Waals surface area contributed by atoms with Crippen LogP contribution in [0.3, 0.4) is 0 Å². The number of Topliss-reactive ketones (excluding diaryl/α,β-unsaturated/α-hetero) is 1. The normalized spacial score (nSPS) is 15.3. The molecule has 0 aromatic rings. The van der Waals surface area contributed by atoms with Crippen LogP contribution in [0.1, 0.15) is 89.0 Å². The Kier molecular flexibility index (Phi) is 8.34. The minimum atomic E-state index is -0.171. The molecule has 0 saturated carbocycles. The topological polar surface area (TPSA) is 41.1 Å². The van der Waals surface area contributed by atoms with Gasteiger partial charge in [0.1, 0.15) is 5.78 Å². The second kappa shape index (κ2) is 8.56. The summed E-state index contributed by atoms with van der Waals surface area (Å²) in [5.74, 6) is 0.0640. The molecule has 2 N–H and O–H groups in total. The molecule has 0 aromatic carbocycles. The molecule has 1 atom stereocenters. The zero-order valence-corrected chi connectivity index (χ0v) is 19.7. The lowest BCUT2D eigenvalue weighted by molar-refractivity contribution is -0.123. The third-order valence-corrected chi connectivity index (χ3v) is 5.54. The molecule has 0 aliphatic heterocycles. The molecule has 0 radical (unpaired) electrons. The first-order valence-electron chi connectivity index (χ1n) is 10.0. The Labute approximate surface area is 163 Å². The fourth-order valence-corrected chi connectivity index (χ4v) is 5.04. The van der Waals surface area contributed by atoms with Gasteiger partial charge in [0.2, 0.25) is 0 Å². The smallest absolute Gasteiger partial charge is 0.137 e. The molecule has 0 fully saturated rings. The lowest BCUT2D eigenvalue weighted by Gasteiger charge is -2.46. The van der Waals surface area contributed by atoms with Crippen molar-refractivity contribution in [1.29, 1.82) is 0 Å². The van der Waals surface area contributed by atoms with Crippen LogP contribution in [-0.4, -0.2) is 30.0 Å². The Bertz CT molecular complexity index is 498. The maximum absolute atomic E-state index is 12.7. The average molecular weight is 367 g/mol. The van der Waals surface area contributed by atoms with Crippen LogP contribution in [-0.2, 0) is 4.79 Å². The summed E-state index contributed by atoms with van der Waals surface area (Å²) in [7, 11) is 1.99. The van der Waals surface area contributed by atoms with E-state index >= 15 is 0 Å². The van der Waals surface area contributed by atoms with Crippen molar-refractivity contribution < 1.29 is 4.79 Å². The molecule has 3 nitrogen and oxygen atoms in total. The van der Waals surface area contributed by atoms with E-state index in [1.165, 1.54) is 0 Å². The van der Waals surface area contributed by atoms with Crippen LogP contribution < -0.4 is 10.6 Å². The molecule has 0 spiro atoms. The van der Waals surface area contributed by atoms with E-state index in [4.69, 9.17) is 0 Å². The predicted molar refractivity (Wildman–Crippen MR) is 116 cm³/mol. The molecule has 0 amide bonds. The third kappa shape index (κ3) is 7.52. The molecule has 0 aliphatic carbocycles. The summed E-state index contributed by atoms with van der Waals surface area (Å²) in [5, 5.41) is 7.03. The maximum Gasteiger partial charge on any atom is 0.137 e. The summed E-state index contributed by atoms with van der Waals surface area (Å²) >= 11 is 0. The van der Waals surface area contributed by atoms with Crippen molar-refractivity contribution in [2.24, 2.45) is 16.7 Å². The zero-order chi connectivity index (χ0) is 21.1. The van der Waals surface area contributed by atoms with E-state index in [0.717, 1.165) is 18.4 Å². The van der Waals surface area contributed by atoms with Crippen LogP contribution in [0, 0.1) is 16.7 Å². The van der Waals surface area contributed by atoms with Crippen LogP contribution in [0.25, 0.3) is 0 Å². The monoisotopic (exact) mass is 366 g/mol. The second-order valence-electron chi connectivity index (χ2n) is 11.1. The fourth-order valence-electron chi connectivity index (χ4n) is 5.04. The van der Waals surface area contributed by atoms with Crippen molar-refractivity contribution in [3.8, 4) is 0 Å². The number of allylic oxidation sites excluding steroid dienone is 1. The molecular weight excluding hydrogens is 320 g/mol. The molecule has 3 heteroatoms. The van der Waals surface area contributed by atoms with Gasteiger partial charge < -0.3 is 10.6 Å². The SMILES string of the molecule is C=C(C(C(C)=O)C(C)(C)CC(C)(C)NC(C)C)C(C)(C)CC(C)(C)NC. The molecule has 0 aliphatic rings. The van der Waals surface area contributed by atoms with E-state index in [1.54, 1.807) is 6.92 Å². The van der Waals surface area contributed by atoms with Gasteiger partial charge in [-0.2, -0.15) is 0 Å². The number of ketones is 1. The van der Waals surface area contributed by atoms with Crippen molar-refractivity contribution in [2.75, 3.05) is 7.05 Å². The van der Waals surface area contributed by atoms with Gasteiger partial charge >= 0.3 is 0 Å². The van der Waals surface area contributed by atoms with Crippen molar-refractivity contribution >= 4 is 5.78 Å². The van der Waals surface area contributed by atoms with Crippen LogP contribution in [0.4, 0.5) is 0 Å². The highest BCUT2D eigenvalue weighted by atomic mass is 16.1. The van der Waals surface area contributed by atoms with E-state index < -0.39 is 0 Å². The Morgan fingerprint density at radius 3 is 1.73 bits per heavy atom. The molecule has 0 rings (SSSR count). The summed E-state index contributed by atoms with van der Waals surface area (Å²) in [6, 6.07) is 0.410. The first kappa shape index (κ1) is 25.3. The molecule has 0 heterocycles. The summed E-state index contributed by atoms with van der Waals surface area (Å²) < 4.78 is 0. The third-order valence-electron chi connectivity index (χ3n) is 5.54. The van der Waals surface area contributed by atoms with Gasteiger partial charge in [-0.3, -0.25) is 4.79 Å². The second-order valence-corrected chi connectivity index (χ2v) is 11.1. The first-order chi connectivity index (χ1) is 11.4. The molecule has 154 valence electrons. The van der Waals surface area contributed by atoms with Gasteiger partial charge in [-0.25, -0.2) is 0 Å². The Balaban J connectivity index is 5.69. The van der Waals surface area contributed by atoms with Crippen LogP contribution in [0.5, 0.6) is 0 Å². The minimum Gasteiger partial charge on any atom is -0.315 e. The summed E-state index contributed by atoms with van der Waals surface area (Å²) in [5.41, 5.74) is 0.709. The number of nitrogens with one attached hydrogen (secondary N) is 2. The van der Waals surface area contributed by atoms with Crippen molar-refractivity contribution in [3.63, 3.8) is 0 Å². The Morgan fingerprint density at radius 2 is 1.38 bits per heavy atom. The standard InChI is InChI=1S/C23H46N2O/c1-16(2)25-23(11,12)15-21(7,8)19(18(4)26)17(3)20(5,6)14-22(9,10)24-13/h16,19,24-25H,3,14-15H2,1-2,4-13H3. The number of hydrogen-bond donors (Lipinski definition) is 2. The summed E-state index contributed by atoms with van der Waals surface area (Å²) in [6.07, 6.45) is 1.84. The number of carbonyl (C=O) groups excluding carboxylic acids is 1. The quantitative estimate of drug-likeness (QED) is 0.484. The molecule has 0 saturated heterocycles. The average Bonchev–Trinajstić information content (AvgIpc) is 2.33. The Hall–Kier alpha value is -0.670. The van der Waals surface area contributed by atoms with Crippen LogP contribution in [0.15, 0.2) is 12.2 Å². The minimum absolute atomic E-state index is 0.00358. The van der Waals surface area contributed by atoms with E-state index in [2.05, 4.69) is 86.4 Å². The summed E-state index contributed by atoms with van der Waals surface area (Å²) in [6.45, 7) is 28.2. The zero-order valence-electron chi connectivity index (χ0n) is 19.7. The summed E-state index contributed by atoms with van der Waals surface area (Å²) in [4.78, 5) is 12.7. The van der Waals surface area contributed by atoms with E-state index in [9.17, 15) is 4.79 Å². The van der Waals surface area contributed by atoms with Crippen molar-refractivity contribution in [3.05, 3.63) is 12.2 Å². The van der Waals surface area contributed by atoms with Gasteiger partial charge in [0, 0.05) is 23.0 Å². The highest BCUT2D eigenvalue weighted by molar-refractivity contribution is 5.82. The Morgan fingerprint density at radius 1 is 0.923 bits per heavy atom.